The van der Waals surface area contributed by atoms with Gasteiger partial charge in [0.05, 0.1) is 18.1 Å². The number of fused-ring (bicyclic) bond motifs is 1. The number of carbonyl (C=O) groups is 1. The number of hydrogen-bond acceptors (Lipinski definition) is 5. The van der Waals surface area contributed by atoms with E-state index < -0.39 is 6.09 Å². The molecule has 5 unspecified atom stereocenters. The quantitative estimate of drug-likeness (QED) is 0.168. The SMILES string of the molecule is C=C(C)NC(COC(=O)Nc1ccccc1)C(C)(C)C.C=CC(=C)C(CC1CCCC1)NC(=C)C1[C@H]2C(C)[C@H]2CN1C(=C)C(C)C(C)(C)C.CC. The third kappa shape index (κ3) is 12.9. The van der Waals surface area contributed by atoms with Crippen LogP contribution in [-0.2, 0) is 4.74 Å². The lowest BCUT2D eigenvalue weighted by molar-refractivity contribution is 0.121. The minimum absolute atomic E-state index is 0.0153. The number of anilines is 1. The predicted octanol–water partition coefficient (Wildman–Crippen LogP) is 11.3. The first-order chi connectivity index (χ1) is 23.8. The minimum Gasteiger partial charge on any atom is -0.447 e. The number of ether oxygens (including phenoxy) is 1. The Labute approximate surface area is 313 Å². The van der Waals surface area contributed by atoms with E-state index in [9.17, 15) is 4.79 Å². The molecule has 0 bridgehead atoms. The van der Waals surface area contributed by atoms with Crippen molar-refractivity contribution in [3.8, 4) is 0 Å². The van der Waals surface area contributed by atoms with Crippen LogP contribution >= 0.6 is 0 Å². The Morgan fingerprint density at radius 2 is 1.57 bits per heavy atom. The van der Waals surface area contributed by atoms with Gasteiger partial charge in [0.15, 0.2) is 0 Å². The maximum absolute atomic E-state index is 11.7. The Morgan fingerprint density at radius 3 is 2.08 bits per heavy atom. The molecule has 1 aromatic rings. The molecule has 3 fully saturated rings. The third-order valence-corrected chi connectivity index (χ3v) is 11.2. The molecule has 2 saturated carbocycles. The van der Waals surface area contributed by atoms with Crippen molar-refractivity contribution in [1.29, 1.82) is 0 Å². The molecule has 3 aliphatic rings. The molecular formula is C45H74N4O2. The standard InChI is InChI=1S/C27H44N2.C16H24N2O2.C2H6/c1-10-17(2)24(15-22-13-11-12-14-22)28-20(5)26-25-18(3)23(25)16-29(26)21(6)19(4)27(7,8)9;1-12(2)17-14(16(3,4)5)11-20-15(19)18-13-9-7-6-8-10-13;1-2/h10,18-19,22-26,28H,1-2,5-6,11-16H2,3-4,7-9H3;6-10,14,17H,1,11H2,2-5H3,(H,18,19);1-2H3/t18?,19?,23-,24?,25+,26?;;/m1../s1. The van der Waals surface area contributed by atoms with Crippen molar-refractivity contribution in [3.05, 3.63) is 92.0 Å². The highest BCUT2D eigenvalue weighted by atomic mass is 16.5. The minimum atomic E-state index is -0.450. The molecule has 1 saturated heterocycles. The maximum Gasteiger partial charge on any atom is 0.411 e. The van der Waals surface area contributed by atoms with Crippen LogP contribution in [0.15, 0.2) is 92.0 Å². The average Bonchev–Trinajstić information content (AvgIpc) is 3.42. The van der Waals surface area contributed by atoms with E-state index in [0.717, 1.165) is 53.4 Å². The van der Waals surface area contributed by atoms with Gasteiger partial charge in [0, 0.05) is 35.2 Å². The summed E-state index contributed by atoms with van der Waals surface area (Å²) in [6.45, 7) is 46.5. The summed E-state index contributed by atoms with van der Waals surface area (Å²) in [5.74, 6) is 3.55. The van der Waals surface area contributed by atoms with Crippen molar-refractivity contribution < 1.29 is 9.53 Å². The number of rotatable bonds is 14. The Hall–Kier alpha value is -3.41. The van der Waals surface area contributed by atoms with Crippen LogP contribution in [0.4, 0.5) is 10.5 Å². The van der Waals surface area contributed by atoms with Gasteiger partial charge >= 0.3 is 6.09 Å². The van der Waals surface area contributed by atoms with Gasteiger partial charge in [0.2, 0.25) is 0 Å². The number of piperidine rings is 1. The van der Waals surface area contributed by atoms with Crippen LogP contribution in [0.5, 0.6) is 0 Å². The topological polar surface area (TPSA) is 65.6 Å². The van der Waals surface area contributed by atoms with Crippen LogP contribution in [0.3, 0.4) is 0 Å². The van der Waals surface area contributed by atoms with E-state index in [1.165, 1.54) is 31.4 Å². The molecule has 3 N–H and O–H groups in total. The van der Waals surface area contributed by atoms with Crippen molar-refractivity contribution in [2.45, 2.75) is 126 Å². The first kappa shape index (κ1) is 43.8. The lowest BCUT2D eigenvalue weighted by Crippen LogP contribution is -2.44. The summed E-state index contributed by atoms with van der Waals surface area (Å²) < 4.78 is 5.28. The lowest BCUT2D eigenvalue weighted by Gasteiger charge is -2.41. The van der Waals surface area contributed by atoms with E-state index in [1.807, 2.05) is 57.2 Å². The second kappa shape index (κ2) is 19.4. The number of carbonyl (C=O) groups excluding carboxylic acids is 1. The molecule has 7 atom stereocenters. The molecule has 0 radical (unpaired) electrons. The average molecular weight is 703 g/mol. The van der Waals surface area contributed by atoms with Crippen molar-refractivity contribution >= 4 is 11.8 Å². The lowest BCUT2D eigenvalue weighted by atomic mass is 9.79. The zero-order valence-electron chi connectivity index (χ0n) is 34.3. The maximum atomic E-state index is 11.7. The summed E-state index contributed by atoms with van der Waals surface area (Å²) in [6, 6.07) is 9.86. The van der Waals surface area contributed by atoms with Crippen molar-refractivity contribution in [2.75, 3.05) is 18.5 Å². The number of benzene rings is 1. The highest BCUT2D eigenvalue weighted by molar-refractivity contribution is 5.84. The molecule has 2 aliphatic carbocycles. The van der Waals surface area contributed by atoms with E-state index in [1.54, 1.807) is 0 Å². The van der Waals surface area contributed by atoms with Crippen molar-refractivity contribution in [1.82, 2.24) is 15.5 Å². The van der Waals surface area contributed by atoms with Crippen molar-refractivity contribution in [3.63, 3.8) is 0 Å². The number of nitrogens with zero attached hydrogens (tertiary/aromatic N) is 1. The van der Waals surface area contributed by atoms with Gasteiger partial charge < -0.3 is 20.3 Å². The first-order valence-corrected chi connectivity index (χ1v) is 19.5. The molecule has 51 heavy (non-hydrogen) atoms. The van der Waals surface area contributed by atoms with E-state index in [0.29, 0.717) is 17.9 Å². The molecule has 1 aromatic carbocycles. The second-order valence-electron chi connectivity index (χ2n) is 17.1. The predicted molar refractivity (Wildman–Crippen MR) is 220 cm³/mol. The Bertz CT molecular complexity index is 1310. The normalized spacial score (nSPS) is 22.7. The van der Waals surface area contributed by atoms with Gasteiger partial charge in [-0.15, -0.1) is 0 Å². The molecule has 6 nitrogen and oxygen atoms in total. The van der Waals surface area contributed by atoms with Gasteiger partial charge in [-0.3, -0.25) is 5.32 Å². The summed E-state index contributed by atoms with van der Waals surface area (Å²) in [7, 11) is 0. The van der Waals surface area contributed by atoms with Crippen LogP contribution in [0.1, 0.15) is 108 Å². The highest BCUT2D eigenvalue weighted by Gasteiger charge is 2.60. The van der Waals surface area contributed by atoms with Gasteiger partial charge in [-0.2, -0.15) is 0 Å². The first-order valence-electron chi connectivity index (χ1n) is 19.5. The molecule has 1 aliphatic heterocycles. The van der Waals surface area contributed by atoms with Gasteiger partial charge in [0.1, 0.15) is 6.61 Å². The Kier molecular flexibility index (Phi) is 16.7. The zero-order valence-corrected chi connectivity index (χ0v) is 34.3. The van der Waals surface area contributed by atoms with E-state index in [-0.39, 0.29) is 29.5 Å². The van der Waals surface area contributed by atoms with Gasteiger partial charge in [0.25, 0.3) is 0 Å². The zero-order chi connectivity index (χ0) is 38.7. The monoisotopic (exact) mass is 703 g/mol. The summed E-state index contributed by atoms with van der Waals surface area (Å²) in [6.07, 6.45) is 8.09. The van der Waals surface area contributed by atoms with Crippen LogP contribution < -0.4 is 16.0 Å². The number of hydrogen-bond donors (Lipinski definition) is 3. The molecule has 1 amide bonds. The summed E-state index contributed by atoms with van der Waals surface area (Å²) >= 11 is 0. The van der Waals surface area contributed by atoms with E-state index in [2.05, 4.69) is 109 Å². The largest absolute Gasteiger partial charge is 0.447 e. The summed E-state index contributed by atoms with van der Waals surface area (Å²) in [5, 5.41) is 9.76. The Morgan fingerprint density at radius 1 is 0.980 bits per heavy atom. The highest BCUT2D eigenvalue weighted by Crippen LogP contribution is 2.58. The molecule has 286 valence electrons. The smallest absolute Gasteiger partial charge is 0.411 e. The number of likely N-dealkylation sites (tertiary alicyclic amines) is 1. The molecule has 6 heteroatoms. The fraction of sp³-hybridized carbons (Fsp3) is 0.622. The number of nitrogens with one attached hydrogen (secondary N) is 3. The van der Waals surface area contributed by atoms with Gasteiger partial charge in [-0.1, -0.05) is 152 Å². The van der Waals surface area contributed by atoms with Crippen LogP contribution in [0.2, 0.25) is 0 Å². The van der Waals surface area contributed by atoms with Crippen LogP contribution in [-0.4, -0.2) is 42.3 Å². The van der Waals surface area contributed by atoms with Gasteiger partial charge in [-0.05, 0) is 65.6 Å². The number of para-hydroxylation sites is 1. The fourth-order valence-corrected chi connectivity index (χ4v) is 7.38. The van der Waals surface area contributed by atoms with Crippen LogP contribution in [0.25, 0.3) is 0 Å². The van der Waals surface area contributed by atoms with Crippen LogP contribution in [0, 0.1) is 40.4 Å². The fourth-order valence-electron chi connectivity index (χ4n) is 7.38. The molecule has 0 spiro atoms. The molecule has 1 heterocycles. The third-order valence-electron chi connectivity index (χ3n) is 11.2. The van der Waals surface area contributed by atoms with Gasteiger partial charge in [-0.25, -0.2) is 4.79 Å². The second-order valence-corrected chi connectivity index (χ2v) is 17.1. The molecule has 0 aromatic heterocycles. The van der Waals surface area contributed by atoms with Crippen molar-refractivity contribution in [2.24, 2.45) is 40.4 Å². The summed E-state index contributed by atoms with van der Waals surface area (Å²) in [4.78, 5) is 14.3. The molecular weight excluding hydrogens is 629 g/mol. The Balaban J connectivity index is 0.000000360. The molecule has 4 rings (SSSR count). The summed E-state index contributed by atoms with van der Waals surface area (Å²) in [5.41, 5.74) is 5.30. The number of allylic oxidation sites excluding steroid dienone is 2. The number of amides is 1. The van der Waals surface area contributed by atoms with E-state index in [4.69, 9.17) is 4.74 Å². The van der Waals surface area contributed by atoms with E-state index >= 15 is 0 Å².